The molecular weight excluding hydrogens is 250 g/mol. The monoisotopic (exact) mass is 269 g/mol. The number of benzene rings is 1. The summed E-state index contributed by atoms with van der Waals surface area (Å²) in [5.74, 6) is -0.908. The van der Waals surface area contributed by atoms with Crippen LogP contribution in [0.5, 0.6) is 0 Å². The summed E-state index contributed by atoms with van der Waals surface area (Å²) in [5.41, 5.74) is 0.984. The third kappa shape index (κ3) is 3.65. The van der Waals surface area contributed by atoms with Crippen molar-refractivity contribution in [1.29, 1.82) is 0 Å². The molecule has 18 heavy (non-hydrogen) atoms. The molecule has 1 aromatic rings. The third-order valence-corrected chi connectivity index (χ3v) is 3.46. The maximum absolute atomic E-state index is 11.3. The Labute approximate surface area is 112 Å². The number of aromatic carboxylic acids is 1. The molecule has 0 amide bonds. The fourth-order valence-corrected chi connectivity index (χ4v) is 2.34. The summed E-state index contributed by atoms with van der Waals surface area (Å²) in [6.45, 7) is 2.59. The molecular formula is C13H19NO3S. The fourth-order valence-electron chi connectivity index (χ4n) is 1.72. The Bertz CT molecular complexity index is 409. The predicted molar refractivity (Wildman–Crippen MR) is 74.8 cm³/mol. The number of anilines is 1. The number of hydrogen-bond donors (Lipinski definition) is 2. The zero-order chi connectivity index (χ0) is 13.5. The van der Waals surface area contributed by atoms with Crippen molar-refractivity contribution in [2.75, 3.05) is 25.3 Å². The van der Waals surface area contributed by atoms with Crippen molar-refractivity contribution in [3.05, 3.63) is 23.8 Å². The average Bonchev–Trinajstić information content (AvgIpc) is 2.37. The highest BCUT2D eigenvalue weighted by Gasteiger charge is 2.17. The van der Waals surface area contributed by atoms with E-state index < -0.39 is 5.97 Å². The summed E-state index contributed by atoms with van der Waals surface area (Å²) in [6.07, 6.45) is 2.74. The van der Waals surface area contributed by atoms with Gasteiger partial charge in [-0.05, 0) is 24.8 Å². The van der Waals surface area contributed by atoms with Crippen LogP contribution in [0.3, 0.4) is 0 Å². The Morgan fingerprint density at radius 3 is 2.78 bits per heavy atom. The minimum Gasteiger partial charge on any atom is -0.478 e. The largest absolute Gasteiger partial charge is 0.478 e. The van der Waals surface area contributed by atoms with Gasteiger partial charge in [-0.15, -0.1) is 11.8 Å². The van der Waals surface area contributed by atoms with E-state index in [2.05, 4.69) is 5.32 Å². The number of nitrogens with one attached hydrogen (secondary N) is 1. The molecule has 0 fully saturated rings. The van der Waals surface area contributed by atoms with Crippen molar-refractivity contribution in [2.45, 2.75) is 24.3 Å². The van der Waals surface area contributed by atoms with Crippen LogP contribution in [-0.2, 0) is 4.74 Å². The van der Waals surface area contributed by atoms with Gasteiger partial charge in [0.25, 0.3) is 0 Å². The molecule has 4 nitrogen and oxygen atoms in total. The smallest absolute Gasteiger partial charge is 0.338 e. The topological polar surface area (TPSA) is 58.6 Å². The summed E-state index contributed by atoms with van der Waals surface area (Å²) < 4.78 is 5.11. The van der Waals surface area contributed by atoms with Gasteiger partial charge in [-0.25, -0.2) is 4.79 Å². The Balaban J connectivity index is 3.03. The summed E-state index contributed by atoms with van der Waals surface area (Å²) in [7, 11) is 1.64. The zero-order valence-electron chi connectivity index (χ0n) is 10.9. The number of hydrogen-bond acceptors (Lipinski definition) is 4. The first-order chi connectivity index (χ1) is 8.63. The summed E-state index contributed by atoms with van der Waals surface area (Å²) in [4.78, 5) is 12.1. The number of thioether (sulfide) groups is 1. The van der Waals surface area contributed by atoms with Crippen LogP contribution in [0.4, 0.5) is 5.69 Å². The van der Waals surface area contributed by atoms with Crippen LogP contribution in [0.25, 0.3) is 0 Å². The Kier molecular flexibility index (Phi) is 6.01. The summed E-state index contributed by atoms with van der Waals surface area (Å²) in [5, 5.41) is 12.5. The van der Waals surface area contributed by atoms with Crippen LogP contribution in [0, 0.1) is 0 Å². The Morgan fingerprint density at radius 1 is 1.56 bits per heavy atom. The standard InChI is InChI=1S/C13H19NO3S/c1-4-9(8-17-2)14-10-6-5-7-11(18-3)12(10)13(15)16/h5-7,9,14H,4,8H2,1-3H3,(H,15,16). The quantitative estimate of drug-likeness (QED) is 0.745. The maximum atomic E-state index is 11.3. The average molecular weight is 269 g/mol. The van der Waals surface area contributed by atoms with Gasteiger partial charge in [-0.3, -0.25) is 0 Å². The molecule has 0 saturated carbocycles. The molecule has 0 heterocycles. The van der Waals surface area contributed by atoms with E-state index in [1.165, 1.54) is 11.8 Å². The molecule has 100 valence electrons. The van der Waals surface area contributed by atoms with Gasteiger partial charge in [-0.2, -0.15) is 0 Å². The lowest BCUT2D eigenvalue weighted by Gasteiger charge is -2.19. The molecule has 1 atom stereocenters. The number of methoxy groups -OCH3 is 1. The predicted octanol–water partition coefficient (Wildman–Crippen LogP) is 2.94. The molecule has 1 rings (SSSR count). The minimum absolute atomic E-state index is 0.116. The van der Waals surface area contributed by atoms with E-state index in [-0.39, 0.29) is 6.04 Å². The van der Waals surface area contributed by atoms with E-state index >= 15 is 0 Å². The number of carboxylic acids is 1. The van der Waals surface area contributed by atoms with Crippen molar-refractivity contribution in [2.24, 2.45) is 0 Å². The molecule has 0 aliphatic carbocycles. The van der Waals surface area contributed by atoms with Gasteiger partial charge in [-0.1, -0.05) is 13.0 Å². The highest BCUT2D eigenvalue weighted by Crippen LogP contribution is 2.27. The summed E-state index contributed by atoms with van der Waals surface area (Å²) in [6, 6.07) is 5.59. The highest BCUT2D eigenvalue weighted by atomic mass is 32.2. The highest BCUT2D eigenvalue weighted by molar-refractivity contribution is 7.98. The van der Waals surface area contributed by atoms with Gasteiger partial charge in [0.05, 0.1) is 17.9 Å². The van der Waals surface area contributed by atoms with Crippen LogP contribution in [-0.4, -0.2) is 37.1 Å². The van der Waals surface area contributed by atoms with Crippen molar-refractivity contribution < 1.29 is 14.6 Å². The van der Waals surface area contributed by atoms with E-state index in [4.69, 9.17) is 4.74 Å². The molecule has 0 bridgehead atoms. The molecule has 0 radical (unpaired) electrons. The molecule has 0 aliphatic rings. The minimum atomic E-state index is -0.908. The van der Waals surface area contributed by atoms with Crippen LogP contribution in [0.1, 0.15) is 23.7 Å². The second-order valence-electron chi connectivity index (χ2n) is 3.89. The zero-order valence-corrected chi connectivity index (χ0v) is 11.7. The lowest BCUT2D eigenvalue weighted by molar-refractivity contribution is 0.0694. The number of rotatable bonds is 7. The second kappa shape index (κ2) is 7.28. The maximum Gasteiger partial charge on any atom is 0.338 e. The van der Waals surface area contributed by atoms with Gasteiger partial charge in [0.1, 0.15) is 0 Å². The van der Waals surface area contributed by atoms with E-state index in [0.717, 1.165) is 11.3 Å². The first-order valence-corrected chi connectivity index (χ1v) is 7.02. The van der Waals surface area contributed by atoms with E-state index in [0.29, 0.717) is 17.9 Å². The Hall–Kier alpha value is -1.20. The van der Waals surface area contributed by atoms with Gasteiger partial charge in [0, 0.05) is 18.0 Å². The van der Waals surface area contributed by atoms with Gasteiger partial charge < -0.3 is 15.2 Å². The van der Waals surface area contributed by atoms with Crippen molar-refractivity contribution in [1.82, 2.24) is 0 Å². The third-order valence-electron chi connectivity index (χ3n) is 2.68. The van der Waals surface area contributed by atoms with Crippen molar-refractivity contribution >= 4 is 23.4 Å². The molecule has 0 saturated heterocycles. The van der Waals surface area contributed by atoms with E-state index in [1.807, 2.05) is 25.3 Å². The lowest BCUT2D eigenvalue weighted by Crippen LogP contribution is -2.25. The number of carboxylic acid groups (broad SMARTS) is 1. The van der Waals surface area contributed by atoms with E-state index in [9.17, 15) is 9.90 Å². The Morgan fingerprint density at radius 2 is 2.28 bits per heavy atom. The molecule has 1 unspecified atom stereocenters. The van der Waals surface area contributed by atoms with Crippen molar-refractivity contribution in [3.63, 3.8) is 0 Å². The second-order valence-corrected chi connectivity index (χ2v) is 4.74. The van der Waals surface area contributed by atoms with Crippen LogP contribution in [0.2, 0.25) is 0 Å². The van der Waals surface area contributed by atoms with Crippen LogP contribution >= 0.6 is 11.8 Å². The van der Waals surface area contributed by atoms with Gasteiger partial charge in [0.2, 0.25) is 0 Å². The normalized spacial score (nSPS) is 12.2. The SMILES string of the molecule is CCC(COC)Nc1cccc(SC)c1C(=O)O. The molecule has 0 spiro atoms. The first-order valence-electron chi connectivity index (χ1n) is 5.79. The molecule has 5 heteroatoms. The van der Waals surface area contributed by atoms with Crippen LogP contribution in [0.15, 0.2) is 23.1 Å². The molecule has 2 N–H and O–H groups in total. The molecule has 0 aromatic heterocycles. The molecule has 1 aromatic carbocycles. The van der Waals surface area contributed by atoms with Gasteiger partial charge >= 0.3 is 5.97 Å². The molecule has 0 aliphatic heterocycles. The fraction of sp³-hybridized carbons (Fsp3) is 0.462. The number of ether oxygens (including phenoxy) is 1. The van der Waals surface area contributed by atoms with Crippen molar-refractivity contribution in [3.8, 4) is 0 Å². The van der Waals surface area contributed by atoms with Crippen LogP contribution < -0.4 is 5.32 Å². The van der Waals surface area contributed by atoms with Gasteiger partial charge in [0.15, 0.2) is 0 Å². The number of carbonyl (C=O) groups is 1. The van der Waals surface area contributed by atoms with E-state index in [1.54, 1.807) is 13.2 Å². The lowest BCUT2D eigenvalue weighted by atomic mass is 10.1. The first kappa shape index (κ1) is 14.9. The summed E-state index contributed by atoms with van der Waals surface area (Å²) >= 11 is 1.43.